The quantitative estimate of drug-likeness (QED) is 0.767. The van der Waals surface area contributed by atoms with E-state index in [2.05, 4.69) is 32.2 Å². The Labute approximate surface area is 162 Å². The molecule has 4 rings (SSSR count). The number of piperazine rings is 1. The molecule has 1 aliphatic heterocycles. The van der Waals surface area contributed by atoms with Gasteiger partial charge >= 0.3 is 0 Å². The number of amides is 1. The lowest BCUT2D eigenvalue weighted by Gasteiger charge is -2.34. The molecular formula is C18H22ClN5OS. The highest BCUT2D eigenvalue weighted by Gasteiger charge is 2.27. The SMILES string of the molecule is O=C(CSc1n[nH]c(C2CC2)n1)N1CCN(Cc2ccc(Cl)cc2)CC1. The van der Waals surface area contributed by atoms with Gasteiger partial charge in [0.05, 0.1) is 5.75 Å². The van der Waals surface area contributed by atoms with Crippen LogP contribution in [0.25, 0.3) is 0 Å². The van der Waals surface area contributed by atoms with Crippen molar-refractivity contribution in [2.45, 2.75) is 30.5 Å². The highest BCUT2D eigenvalue weighted by atomic mass is 35.5. The van der Waals surface area contributed by atoms with Crippen LogP contribution in [-0.4, -0.2) is 62.8 Å². The predicted molar refractivity (Wildman–Crippen MR) is 102 cm³/mol. The summed E-state index contributed by atoms with van der Waals surface area (Å²) in [5.74, 6) is 2.09. The van der Waals surface area contributed by atoms with Crippen LogP contribution in [0.5, 0.6) is 0 Å². The second kappa shape index (κ2) is 7.98. The highest BCUT2D eigenvalue weighted by molar-refractivity contribution is 7.99. The van der Waals surface area contributed by atoms with Crippen LogP contribution in [0.1, 0.15) is 30.1 Å². The van der Waals surface area contributed by atoms with Crippen molar-refractivity contribution in [3.8, 4) is 0 Å². The van der Waals surface area contributed by atoms with Gasteiger partial charge in [-0.2, -0.15) is 0 Å². The molecule has 1 aromatic heterocycles. The number of halogens is 1. The Morgan fingerprint density at radius 1 is 1.19 bits per heavy atom. The van der Waals surface area contributed by atoms with Gasteiger partial charge in [0, 0.05) is 43.7 Å². The van der Waals surface area contributed by atoms with Crippen molar-refractivity contribution in [2.24, 2.45) is 0 Å². The van der Waals surface area contributed by atoms with Gasteiger partial charge in [-0.1, -0.05) is 35.5 Å². The molecule has 0 bridgehead atoms. The van der Waals surface area contributed by atoms with Crippen molar-refractivity contribution in [1.29, 1.82) is 0 Å². The number of aromatic nitrogens is 3. The number of hydrogen-bond acceptors (Lipinski definition) is 5. The van der Waals surface area contributed by atoms with E-state index in [1.54, 1.807) is 0 Å². The zero-order valence-corrected chi connectivity index (χ0v) is 16.1. The fraction of sp³-hybridized carbons (Fsp3) is 0.500. The summed E-state index contributed by atoms with van der Waals surface area (Å²) < 4.78 is 0. The Balaban J connectivity index is 1.20. The molecule has 0 spiro atoms. The number of carbonyl (C=O) groups is 1. The number of H-pyrrole nitrogens is 1. The molecule has 0 unspecified atom stereocenters. The average molecular weight is 392 g/mol. The third-order valence-electron chi connectivity index (χ3n) is 4.82. The second-order valence-corrected chi connectivity index (χ2v) is 8.23. The summed E-state index contributed by atoms with van der Waals surface area (Å²) in [5, 5.41) is 8.62. The molecule has 0 atom stereocenters. The van der Waals surface area contributed by atoms with Crippen LogP contribution in [0.3, 0.4) is 0 Å². The van der Waals surface area contributed by atoms with E-state index in [4.69, 9.17) is 11.6 Å². The van der Waals surface area contributed by atoms with Crippen LogP contribution in [0.2, 0.25) is 5.02 Å². The Morgan fingerprint density at radius 2 is 1.92 bits per heavy atom. The number of carbonyl (C=O) groups excluding carboxylic acids is 1. The molecule has 1 saturated heterocycles. The van der Waals surface area contributed by atoms with Gasteiger partial charge in [0.2, 0.25) is 11.1 Å². The molecule has 2 aromatic rings. The fourth-order valence-electron chi connectivity index (χ4n) is 3.08. The first kappa shape index (κ1) is 17.8. The lowest BCUT2D eigenvalue weighted by Crippen LogP contribution is -2.48. The number of hydrogen-bond donors (Lipinski definition) is 1. The molecule has 2 heterocycles. The van der Waals surface area contributed by atoms with Gasteiger partial charge in [0.1, 0.15) is 5.82 Å². The van der Waals surface area contributed by atoms with Crippen LogP contribution < -0.4 is 0 Å². The topological polar surface area (TPSA) is 65.1 Å². The van der Waals surface area contributed by atoms with Crippen molar-refractivity contribution < 1.29 is 4.79 Å². The van der Waals surface area contributed by atoms with E-state index >= 15 is 0 Å². The normalized spacial score (nSPS) is 18.3. The number of aromatic amines is 1. The van der Waals surface area contributed by atoms with Crippen molar-refractivity contribution in [2.75, 3.05) is 31.9 Å². The van der Waals surface area contributed by atoms with Crippen LogP contribution in [0, 0.1) is 0 Å². The fourth-order valence-corrected chi connectivity index (χ4v) is 3.92. The lowest BCUT2D eigenvalue weighted by molar-refractivity contribution is -0.130. The van der Waals surface area contributed by atoms with E-state index in [0.29, 0.717) is 16.8 Å². The molecule has 1 aliphatic carbocycles. The molecule has 6 nitrogen and oxygen atoms in total. The van der Waals surface area contributed by atoms with E-state index in [1.807, 2.05) is 17.0 Å². The number of nitrogens with zero attached hydrogens (tertiary/aromatic N) is 4. The van der Waals surface area contributed by atoms with Gasteiger partial charge in [-0.3, -0.25) is 14.8 Å². The van der Waals surface area contributed by atoms with Gasteiger partial charge in [0.15, 0.2) is 0 Å². The number of rotatable bonds is 6. The Bertz CT molecular complexity index is 753. The second-order valence-electron chi connectivity index (χ2n) is 6.85. The molecule has 1 N–H and O–H groups in total. The molecule has 8 heteroatoms. The Hall–Kier alpha value is -1.57. The molecule has 0 radical (unpaired) electrons. The summed E-state index contributed by atoms with van der Waals surface area (Å²) in [7, 11) is 0. The minimum absolute atomic E-state index is 0.166. The Kier molecular flexibility index (Phi) is 5.47. The van der Waals surface area contributed by atoms with Gasteiger partial charge in [-0.15, -0.1) is 5.10 Å². The molecule has 1 amide bonds. The van der Waals surface area contributed by atoms with E-state index in [9.17, 15) is 4.79 Å². The largest absolute Gasteiger partial charge is 0.339 e. The molecular weight excluding hydrogens is 370 g/mol. The monoisotopic (exact) mass is 391 g/mol. The van der Waals surface area contributed by atoms with Crippen molar-refractivity contribution in [1.82, 2.24) is 25.0 Å². The molecule has 2 aliphatic rings. The molecule has 138 valence electrons. The number of nitrogens with one attached hydrogen (secondary N) is 1. The van der Waals surface area contributed by atoms with Crippen LogP contribution in [0.4, 0.5) is 0 Å². The molecule has 2 fully saturated rings. The summed E-state index contributed by atoms with van der Waals surface area (Å²) in [4.78, 5) is 21.2. The van der Waals surface area contributed by atoms with E-state index in [1.165, 1.54) is 30.2 Å². The summed E-state index contributed by atoms with van der Waals surface area (Å²) in [6.45, 7) is 4.23. The summed E-state index contributed by atoms with van der Waals surface area (Å²) in [5.41, 5.74) is 1.25. The van der Waals surface area contributed by atoms with E-state index in [-0.39, 0.29) is 5.91 Å². The lowest BCUT2D eigenvalue weighted by atomic mass is 10.2. The van der Waals surface area contributed by atoms with Crippen molar-refractivity contribution >= 4 is 29.3 Å². The molecule has 1 aromatic carbocycles. The maximum atomic E-state index is 12.4. The summed E-state index contributed by atoms with van der Waals surface area (Å²) in [6.07, 6.45) is 2.39. The smallest absolute Gasteiger partial charge is 0.233 e. The van der Waals surface area contributed by atoms with Crippen LogP contribution in [-0.2, 0) is 11.3 Å². The third kappa shape index (κ3) is 4.58. The summed E-state index contributed by atoms with van der Waals surface area (Å²) in [6, 6.07) is 7.96. The zero-order chi connectivity index (χ0) is 17.9. The third-order valence-corrected chi connectivity index (χ3v) is 5.90. The first-order valence-electron chi connectivity index (χ1n) is 8.97. The maximum absolute atomic E-state index is 12.4. The number of thioether (sulfide) groups is 1. The van der Waals surface area contributed by atoms with Gasteiger partial charge in [-0.05, 0) is 30.5 Å². The minimum atomic E-state index is 0.166. The van der Waals surface area contributed by atoms with Gasteiger partial charge in [0.25, 0.3) is 0 Å². The Morgan fingerprint density at radius 3 is 2.62 bits per heavy atom. The molecule has 26 heavy (non-hydrogen) atoms. The first-order valence-corrected chi connectivity index (χ1v) is 10.3. The van der Waals surface area contributed by atoms with Gasteiger partial charge in [-0.25, -0.2) is 4.98 Å². The van der Waals surface area contributed by atoms with E-state index in [0.717, 1.165) is 43.6 Å². The predicted octanol–water partition coefficient (Wildman–Crippen LogP) is 2.77. The van der Waals surface area contributed by atoms with E-state index < -0.39 is 0 Å². The van der Waals surface area contributed by atoms with Crippen LogP contribution in [0.15, 0.2) is 29.4 Å². The highest BCUT2D eigenvalue weighted by Crippen LogP contribution is 2.38. The maximum Gasteiger partial charge on any atom is 0.233 e. The van der Waals surface area contributed by atoms with Crippen molar-refractivity contribution in [3.63, 3.8) is 0 Å². The summed E-state index contributed by atoms with van der Waals surface area (Å²) >= 11 is 7.35. The minimum Gasteiger partial charge on any atom is -0.339 e. The van der Waals surface area contributed by atoms with Crippen molar-refractivity contribution in [3.05, 3.63) is 40.7 Å². The zero-order valence-electron chi connectivity index (χ0n) is 14.5. The molecule has 1 saturated carbocycles. The van der Waals surface area contributed by atoms with Crippen LogP contribution >= 0.6 is 23.4 Å². The number of benzene rings is 1. The average Bonchev–Trinajstić information content (AvgIpc) is 3.40. The standard InChI is InChI=1S/C18H22ClN5OS/c19-15-5-1-13(2-6-15)11-23-7-9-24(10-8-23)16(25)12-26-18-20-17(21-22-18)14-3-4-14/h1-2,5-6,14H,3-4,7-12H2,(H,20,21,22). The first-order chi connectivity index (χ1) is 12.7. The van der Waals surface area contributed by atoms with Gasteiger partial charge < -0.3 is 4.90 Å².